The molecule has 0 fully saturated rings. The van der Waals surface area contributed by atoms with Crippen molar-refractivity contribution in [3.05, 3.63) is 23.8 Å². The maximum absolute atomic E-state index is 5.81. The Morgan fingerprint density at radius 2 is 2.00 bits per heavy atom. The first-order valence-corrected chi connectivity index (χ1v) is 6.41. The van der Waals surface area contributed by atoms with Crippen LogP contribution in [0.2, 0.25) is 0 Å². The molecule has 1 aliphatic rings. The van der Waals surface area contributed by atoms with Crippen molar-refractivity contribution in [1.82, 2.24) is 5.32 Å². The maximum Gasteiger partial charge on any atom is 0.231 e. The van der Waals surface area contributed by atoms with Crippen LogP contribution in [0, 0.1) is 0 Å². The molecule has 1 aromatic rings. The third-order valence-corrected chi connectivity index (χ3v) is 2.62. The number of benzene rings is 1. The van der Waals surface area contributed by atoms with E-state index in [4.69, 9.17) is 15.2 Å². The third-order valence-electron chi connectivity index (χ3n) is 2.62. The first-order valence-electron chi connectivity index (χ1n) is 6.41. The summed E-state index contributed by atoms with van der Waals surface area (Å²) in [7, 11) is 0. The number of fused-ring (bicyclic) bond motifs is 1. The molecule has 0 saturated carbocycles. The molecule has 0 spiro atoms. The van der Waals surface area contributed by atoms with E-state index < -0.39 is 0 Å². The number of guanidine groups is 1. The van der Waals surface area contributed by atoms with Crippen LogP contribution in [0.5, 0.6) is 11.5 Å². The van der Waals surface area contributed by atoms with Gasteiger partial charge in [0.1, 0.15) is 0 Å². The van der Waals surface area contributed by atoms with Crippen molar-refractivity contribution in [2.75, 3.05) is 13.3 Å². The molecule has 0 aromatic heterocycles. The highest BCUT2D eigenvalue weighted by Gasteiger charge is 2.13. The lowest BCUT2D eigenvalue weighted by Gasteiger charge is -2.20. The molecule has 0 saturated heterocycles. The highest BCUT2D eigenvalue weighted by Crippen LogP contribution is 2.32. The molecule has 0 atom stereocenters. The van der Waals surface area contributed by atoms with E-state index in [1.54, 1.807) is 0 Å². The quantitative estimate of drug-likeness (QED) is 0.471. The van der Waals surface area contributed by atoms with Crippen molar-refractivity contribution in [3.63, 3.8) is 0 Å². The Balaban J connectivity index is 0.00000200. The van der Waals surface area contributed by atoms with Crippen LogP contribution in [0.3, 0.4) is 0 Å². The third kappa shape index (κ3) is 5.07. The molecule has 5 nitrogen and oxygen atoms in total. The zero-order chi connectivity index (χ0) is 13.9. The van der Waals surface area contributed by atoms with Crippen molar-refractivity contribution in [2.24, 2.45) is 10.7 Å². The van der Waals surface area contributed by atoms with Crippen LogP contribution >= 0.6 is 24.0 Å². The predicted molar refractivity (Wildman–Crippen MR) is 91.1 cm³/mol. The number of nitrogens with two attached hydrogens (primary N) is 1. The summed E-state index contributed by atoms with van der Waals surface area (Å²) in [6.45, 7) is 7.10. The maximum atomic E-state index is 5.81. The van der Waals surface area contributed by atoms with Crippen molar-refractivity contribution in [3.8, 4) is 11.5 Å². The zero-order valence-corrected chi connectivity index (χ0v) is 14.4. The van der Waals surface area contributed by atoms with Gasteiger partial charge in [-0.1, -0.05) is 6.07 Å². The van der Waals surface area contributed by atoms with Crippen LogP contribution < -0.4 is 20.5 Å². The summed E-state index contributed by atoms with van der Waals surface area (Å²) < 4.78 is 10.6. The number of ether oxygens (including phenoxy) is 2. The summed E-state index contributed by atoms with van der Waals surface area (Å²) in [6.07, 6.45) is 0.823. The van der Waals surface area contributed by atoms with E-state index in [-0.39, 0.29) is 29.5 Å². The molecule has 0 unspecified atom stereocenters. The van der Waals surface area contributed by atoms with Gasteiger partial charge in [0, 0.05) is 12.1 Å². The average molecular weight is 391 g/mol. The molecule has 2 rings (SSSR count). The molecule has 1 aromatic carbocycles. The van der Waals surface area contributed by atoms with E-state index in [2.05, 4.69) is 10.3 Å². The van der Waals surface area contributed by atoms with E-state index in [1.165, 1.54) is 0 Å². The summed E-state index contributed by atoms with van der Waals surface area (Å²) in [5.74, 6) is 2.09. The minimum Gasteiger partial charge on any atom is -0.454 e. The number of hydrogen-bond acceptors (Lipinski definition) is 3. The van der Waals surface area contributed by atoms with Gasteiger partial charge in [0.15, 0.2) is 17.5 Å². The van der Waals surface area contributed by atoms with Crippen LogP contribution in [0.4, 0.5) is 0 Å². The standard InChI is InChI=1S/C14H21N3O2.HI/c1-14(2,3)17-13(15)16-7-6-10-4-5-11-12(8-10)19-9-18-11;/h4-5,8H,6-7,9H2,1-3H3,(H3,15,16,17);1H. The number of nitrogens with zero attached hydrogens (tertiary/aromatic N) is 1. The van der Waals surface area contributed by atoms with E-state index in [9.17, 15) is 0 Å². The first kappa shape index (κ1) is 16.9. The van der Waals surface area contributed by atoms with Gasteiger partial charge < -0.3 is 20.5 Å². The lowest BCUT2D eigenvalue weighted by atomic mass is 10.1. The van der Waals surface area contributed by atoms with Gasteiger partial charge in [-0.05, 0) is 44.9 Å². The smallest absolute Gasteiger partial charge is 0.231 e. The topological polar surface area (TPSA) is 68.9 Å². The van der Waals surface area contributed by atoms with Gasteiger partial charge in [-0.3, -0.25) is 4.99 Å². The van der Waals surface area contributed by atoms with Gasteiger partial charge in [-0.2, -0.15) is 0 Å². The van der Waals surface area contributed by atoms with Gasteiger partial charge in [0.25, 0.3) is 0 Å². The fourth-order valence-electron chi connectivity index (χ4n) is 1.83. The summed E-state index contributed by atoms with van der Waals surface area (Å²) in [5.41, 5.74) is 6.91. The van der Waals surface area contributed by atoms with Crippen LogP contribution in [0.1, 0.15) is 26.3 Å². The first-order chi connectivity index (χ1) is 8.94. The van der Waals surface area contributed by atoms with Crippen molar-refractivity contribution >= 4 is 29.9 Å². The van der Waals surface area contributed by atoms with E-state index in [0.29, 0.717) is 19.3 Å². The average Bonchev–Trinajstić information content (AvgIpc) is 2.73. The number of hydrogen-bond donors (Lipinski definition) is 2. The van der Waals surface area contributed by atoms with Crippen molar-refractivity contribution < 1.29 is 9.47 Å². The Kier molecular flexibility index (Phi) is 5.91. The van der Waals surface area contributed by atoms with E-state index in [1.807, 2.05) is 39.0 Å². The van der Waals surface area contributed by atoms with Gasteiger partial charge in [0.05, 0.1) is 0 Å². The van der Waals surface area contributed by atoms with E-state index >= 15 is 0 Å². The minimum atomic E-state index is -0.0632. The lowest BCUT2D eigenvalue weighted by Crippen LogP contribution is -2.45. The molecular weight excluding hydrogens is 369 g/mol. The second-order valence-electron chi connectivity index (χ2n) is 5.58. The normalized spacial score (nSPS) is 13.8. The molecule has 0 radical (unpaired) electrons. The van der Waals surface area contributed by atoms with Crippen molar-refractivity contribution in [1.29, 1.82) is 0 Å². The molecule has 1 aliphatic heterocycles. The number of rotatable bonds is 3. The van der Waals surface area contributed by atoms with Crippen LogP contribution in [-0.2, 0) is 6.42 Å². The minimum absolute atomic E-state index is 0. The van der Waals surface area contributed by atoms with Crippen LogP contribution in [0.15, 0.2) is 23.2 Å². The highest BCUT2D eigenvalue weighted by molar-refractivity contribution is 14.0. The summed E-state index contributed by atoms with van der Waals surface area (Å²) >= 11 is 0. The van der Waals surface area contributed by atoms with Gasteiger partial charge in [-0.15, -0.1) is 24.0 Å². The summed E-state index contributed by atoms with van der Waals surface area (Å²) in [4.78, 5) is 4.31. The molecule has 6 heteroatoms. The highest BCUT2D eigenvalue weighted by atomic mass is 127. The Morgan fingerprint density at radius 1 is 1.30 bits per heavy atom. The Labute approximate surface area is 137 Å². The molecule has 0 aliphatic carbocycles. The number of nitrogens with one attached hydrogen (secondary N) is 1. The zero-order valence-electron chi connectivity index (χ0n) is 12.1. The summed E-state index contributed by atoms with van der Waals surface area (Å²) in [5, 5.41) is 3.13. The molecule has 20 heavy (non-hydrogen) atoms. The van der Waals surface area contributed by atoms with Gasteiger partial charge >= 0.3 is 0 Å². The Bertz CT molecular complexity index is 484. The molecule has 3 N–H and O–H groups in total. The fourth-order valence-corrected chi connectivity index (χ4v) is 1.83. The summed E-state index contributed by atoms with van der Waals surface area (Å²) in [6, 6.07) is 5.94. The number of halogens is 1. The molecule has 0 bridgehead atoms. The SMILES string of the molecule is CC(C)(C)NC(N)=NCCc1ccc2c(c1)OCO2.I. The monoisotopic (exact) mass is 391 g/mol. The molecule has 112 valence electrons. The fraction of sp³-hybridized carbons (Fsp3) is 0.500. The van der Waals surface area contributed by atoms with Crippen LogP contribution in [-0.4, -0.2) is 24.8 Å². The van der Waals surface area contributed by atoms with Gasteiger partial charge in [-0.25, -0.2) is 0 Å². The predicted octanol–water partition coefficient (Wildman–Crippen LogP) is 2.28. The lowest BCUT2D eigenvalue weighted by molar-refractivity contribution is 0.174. The molecular formula is C14H22IN3O2. The second-order valence-corrected chi connectivity index (χ2v) is 5.58. The molecule has 1 heterocycles. The molecule has 0 amide bonds. The van der Waals surface area contributed by atoms with Crippen molar-refractivity contribution in [2.45, 2.75) is 32.7 Å². The van der Waals surface area contributed by atoms with Crippen LogP contribution in [0.25, 0.3) is 0 Å². The number of aliphatic imine (C=N–C) groups is 1. The second kappa shape index (κ2) is 7.01. The van der Waals surface area contributed by atoms with Gasteiger partial charge in [0.2, 0.25) is 6.79 Å². The van der Waals surface area contributed by atoms with E-state index in [0.717, 1.165) is 23.5 Å². The Morgan fingerprint density at radius 3 is 2.70 bits per heavy atom. The largest absolute Gasteiger partial charge is 0.454 e. The Hall–Kier alpha value is -1.18.